The Morgan fingerprint density at radius 2 is 1.58 bits per heavy atom. The molecule has 2 rings (SSSR count). The molecule has 0 unspecified atom stereocenters. The van der Waals surface area contributed by atoms with Gasteiger partial charge in [0.05, 0.1) is 16.3 Å². The van der Waals surface area contributed by atoms with Crippen molar-refractivity contribution in [3.8, 4) is 0 Å². The van der Waals surface area contributed by atoms with Gasteiger partial charge in [0.25, 0.3) is 5.91 Å². The quantitative estimate of drug-likeness (QED) is 0.359. The first kappa shape index (κ1) is 26.6. The minimum Gasteiger partial charge on any atom is -0.294 e. The Bertz CT molecular complexity index is 1080. The van der Waals surface area contributed by atoms with Crippen molar-refractivity contribution in [2.75, 3.05) is 11.9 Å². The maximum Gasteiger partial charge on any atom is 0.460 e. The van der Waals surface area contributed by atoms with Gasteiger partial charge < -0.3 is 0 Å². The van der Waals surface area contributed by atoms with E-state index < -0.39 is 73.9 Å². The van der Waals surface area contributed by atoms with E-state index in [1.54, 1.807) is 5.32 Å². The molecule has 0 radical (unpaired) electrons. The van der Waals surface area contributed by atoms with E-state index in [4.69, 9.17) is 11.6 Å². The molecule has 0 aromatic heterocycles. The lowest BCUT2D eigenvalue weighted by Crippen LogP contribution is -2.49. The molecule has 1 N–H and O–H groups in total. The van der Waals surface area contributed by atoms with Crippen LogP contribution in [0.4, 0.5) is 50.0 Å². The second-order valence-electron chi connectivity index (χ2n) is 6.22. The molecule has 0 bridgehead atoms. The van der Waals surface area contributed by atoms with Gasteiger partial charge in [-0.15, -0.1) is 0 Å². The van der Waals surface area contributed by atoms with E-state index >= 15 is 0 Å². The number of carbonyl (C=O) groups excluding carboxylic acids is 2. The van der Waals surface area contributed by atoms with Crippen LogP contribution in [0, 0.1) is 11.6 Å². The number of imide groups is 1. The zero-order valence-corrected chi connectivity index (χ0v) is 17.5. The van der Waals surface area contributed by atoms with E-state index in [0.717, 1.165) is 25.2 Å². The van der Waals surface area contributed by atoms with Gasteiger partial charge in [-0.05, 0) is 42.1 Å². The highest BCUT2D eigenvalue weighted by atomic mass is 35.5. The van der Waals surface area contributed by atoms with Gasteiger partial charge in [-0.3, -0.25) is 15.0 Å². The fourth-order valence-corrected chi connectivity index (χ4v) is 3.29. The zero-order chi connectivity index (χ0) is 25.4. The van der Waals surface area contributed by atoms with Crippen molar-refractivity contribution >= 4 is 41.0 Å². The highest BCUT2D eigenvalue weighted by Gasteiger charge is 2.73. The van der Waals surface area contributed by atoms with Gasteiger partial charge in [0.2, 0.25) is 0 Å². The van der Waals surface area contributed by atoms with Gasteiger partial charge in [0.1, 0.15) is 11.6 Å². The van der Waals surface area contributed by atoms with Crippen molar-refractivity contribution in [3.05, 3.63) is 58.6 Å². The predicted octanol–water partition coefficient (Wildman–Crippen LogP) is 6.49. The summed E-state index contributed by atoms with van der Waals surface area (Å²) in [6.07, 6.45) is -6.56. The second-order valence-corrected chi connectivity index (χ2v) is 7.79. The van der Waals surface area contributed by atoms with Crippen LogP contribution in [0.1, 0.15) is 10.4 Å². The molecule has 15 heteroatoms. The highest BCUT2D eigenvalue weighted by molar-refractivity contribution is 8.00. The maximum atomic E-state index is 14.3. The Labute approximate surface area is 188 Å². The third-order valence-corrected chi connectivity index (χ3v) is 5.36. The largest absolute Gasteiger partial charge is 0.460 e. The highest BCUT2D eigenvalue weighted by Crippen LogP contribution is 2.54. The Morgan fingerprint density at radius 3 is 2.12 bits per heavy atom. The number of nitrogens with zero attached hydrogens (tertiary/aromatic N) is 1. The summed E-state index contributed by atoms with van der Waals surface area (Å²) in [7, 11) is 0.924. The van der Waals surface area contributed by atoms with Crippen molar-refractivity contribution in [3.63, 3.8) is 0 Å². The molecule has 33 heavy (non-hydrogen) atoms. The van der Waals surface area contributed by atoms with Gasteiger partial charge >= 0.3 is 23.4 Å². The average Bonchev–Trinajstić information content (AvgIpc) is 2.68. The Hall–Kier alpha value is -2.61. The van der Waals surface area contributed by atoms with Crippen LogP contribution >= 0.6 is 23.4 Å². The third-order valence-electron chi connectivity index (χ3n) is 3.97. The van der Waals surface area contributed by atoms with E-state index in [2.05, 4.69) is 0 Å². The van der Waals surface area contributed by atoms with E-state index in [0.29, 0.717) is 17.0 Å². The number of rotatable bonds is 5. The lowest BCUT2D eigenvalue weighted by Gasteiger charge is -2.27. The maximum absolute atomic E-state index is 14.3. The number of carbonyl (C=O) groups is 2. The monoisotopic (exact) mass is 524 g/mol. The minimum atomic E-state index is -6.56. The summed E-state index contributed by atoms with van der Waals surface area (Å²) in [5.41, 5.74) is -1.08. The van der Waals surface area contributed by atoms with Crippen LogP contribution in [0.25, 0.3) is 0 Å². The summed E-state index contributed by atoms with van der Waals surface area (Å²) in [6, 6.07) is 3.27. The third kappa shape index (κ3) is 5.49. The summed E-state index contributed by atoms with van der Waals surface area (Å²) in [4.78, 5) is 23.7. The number of urea groups is 1. The average molecular weight is 525 g/mol. The Balaban J connectivity index is 2.19. The molecule has 3 amide bonds. The summed E-state index contributed by atoms with van der Waals surface area (Å²) >= 11 is 4.38. The molecule has 2 aromatic rings. The Morgan fingerprint density at radius 1 is 0.970 bits per heavy atom. The molecule has 0 heterocycles. The van der Waals surface area contributed by atoms with Crippen molar-refractivity contribution in [1.29, 1.82) is 0 Å². The fraction of sp³-hybridized carbons (Fsp3) is 0.222. The first-order valence-electron chi connectivity index (χ1n) is 8.33. The minimum absolute atomic E-state index is 0.204. The normalized spacial score (nSPS) is 12.5. The zero-order valence-electron chi connectivity index (χ0n) is 15.9. The summed E-state index contributed by atoms with van der Waals surface area (Å²) in [5.74, 6) is -10.00. The first-order chi connectivity index (χ1) is 15.0. The molecule has 0 spiro atoms. The van der Waals surface area contributed by atoms with Gasteiger partial charge in [0, 0.05) is 11.9 Å². The number of anilines is 1. The second kappa shape index (κ2) is 9.33. The van der Waals surface area contributed by atoms with Crippen LogP contribution < -0.4 is 10.2 Å². The van der Waals surface area contributed by atoms with E-state index in [9.17, 15) is 49.1 Å². The number of thioether (sulfide) groups is 1. The molecule has 180 valence electrons. The molecule has 0 atom stereocenters. The molecule has 0 aliphatic rings. The van der Waals surface area contributed by atoms with Crippen molar-refractivity contribution in [1.82, 2.24) is 5.32 Å². The number of benzene rings is 2. The molecule has 0 fully saturated rings. The van der Waals surface area contributed by atoms with Crippen LogP contribution in [-0.2, 0) is 0 Å². The van der Waals surface area contributed by atoms with E-state index in [-0.39, 0.29) is 6.07 Å². The van der Waals surface area contributed by atoms with Crippen molar-refractivity contribution in [2.24, 2.45) is 0 Å². The van der Waals surface area contributed by atoms with Crippen molar-refractivity contribution in [2.45, 2.75) is 22.2 Å². The lowest BCUT2D eigenvalue weighted by atomic mass is 10.2. The summed E-state index contributed by atoms with van der Waals surface area (Å²) < 4.78 is 117. The molecule has 4 nitrogen and oxygen atoms in total. The topological polar surface area (TPSA) is 49.4 Å². The smallest absolute Gasteiger partial charge is 0.294 e. The van der Waals surface area contributed by atoms with Gasteiger partial charge in [-0.2, -0.15) is 30.7 Å². The Kier molecular flexibility index (Phi) is 7.53. The van der Waals surface area contributed by atoms with E-state index in [1.165, 1.54) is 0 Å². The number of hydrogen-bond acceptors (Lipinski definition) is 3. The molecule has 0 saturated carbocycles. The van der Waals surface area contributed by atoms with Crippen LogP contribution in [0.5, 0.6) is 0 Å². The molecule has 0 saturated heterocycles. The van der Waals surface area contributed by atoms with Crippen LogP contribution in [0.3, 0.4) is 0 Å². The number of alkyl halides is 7. The standard InChI is InChI=1S/C18H10ClF9N2O2S/c1-30(15(32)29-14(31)9-3-2-4-10(20)13(9)19)12-6-5-8(7-11(12)21)33-18(27,28)16(22,23)17(24,25)26/h2-7H,1H3,(H,29,31,32). The number of hydrogen-bond donors (Lipinski definition) is 1. The number of amides is 3. The fourth-order valence-electron chi connectivity index (χ4n) is 2.24. The van der Waals surface area contributed by atoms with Crippen LogP contribution in [0.2, 0.25) is 5.02 Å². The van der Waals surface area contributed by atoms with Gasteiger partial charge in [0.15, 0.2) is 0 Å². The number of nitrogens with one attached hydrogen (secondary N) is 1. The van der Waals surface area contributed by atoms with Gasteiger partial charge in [-0.1, -0.05) is 17.7 Å². The van der Waals surface area contributed by atoms with Crippen LogP contribution in [-0.4, -0.2) is 36.3 Å². The van der Waals surface area contributed by atoms with Crippen molar-refractivity contribution < 1.29 is 49.1 Å². The molecule has 0 aliphatic carbocycles. The van der Waals surface area contributed by atoms with E-state index in [1.807, 2.05) is 0 Å². The molecule has 2 aromatic carbocycles. The molecule has 0 aliphatic heterocycles. The SMILES string of the molecule is CN(C(=O)NC(=O)c1cccc(F)c1Cl)c1ccc(SC(F)(F)C(F)(F)C(F)(F)F)cc1F. The predicted molar refractivity (Wildman–Crippen MR) is 101 cm³/mol. The summed E-state index contributed by atoms with van der Waals surface area (Å²) in [6.45, 7) is 0. The summed E-state index contributed by atoms with van der Waals surface area (Å²) in [5, 5.41) is -4.51. The lowest BCUT2D eigenvalue weighted by molar-refractivity contribution is -0.330. The number of halogens is 10. The molecular formula is C18H10ClF9N2O2S. The van der Waals surface area contributed by atoms with Crippen LogP contribution in [0.15, 0.2) is 41.3 Å². The van der Waals surface area contributed by atoms with Gasteiger partial charge in [-0.25, -0.2) is 13.6 Å². The molecular weight excluding hydrogens is 515 g/mol. The first-order valence-corrected chi connectivity index (χ1v) is 9.53.